The molecule has 2 aliphatic rings. The molecule has 0 saturated carbocycles. The predicted octanol–water partition coefficient (Wildman–Crippen LogP) is 10.6. The Hall–Kier alpha value is -2.68. The number of hydrogen-bond acceptors (Lipinski definition) is 2. The van der Waals surface area contributed by atoms with Gasteiger partial charge in [-0.15, -0.1) is 0 Å². The standard InChI is InChI=1S/C40H58O2/c1-29(17-13-19-31(3)21-23-37-33(5)25-35(41)27-39(37,7)8)15-11-12-16-30(2)18-14-20-32(4)22-24-38-34(6)26-36(42)28-40(38,9)10/h11-13,15-17,19-25,35-37,41-42H,14,18,26-28H2,1-10H3/b12-11+,17-13+,23-21+,24-22+,29-15+,30-16+,31-19+,32-20+/t35-,36-,37-/m0/s1. The van der Waals surface area contributed by atoms with Gasteiger partial charge in [-0.1, -0.05) is 140 Å². The van der Waals surface area contributed by atoms with Crippen LogP contribution < -0.4 is 0 Å². The molecule has 0 fully saturated rings. The Kier molecular flexibility index (Phi) is 13.7. The lowest BCUT2D eigenvalue weighted by Gasteiger charge is -2.38. The number of hydrogen-bond donors (Lipinski definition) is 2. The van der Waals surface area contributed by atoms with Crippen LogP contribution in [0.2, 0.25) is 0 Å². The zero-order valence-corrected chi connectivity index (χ0v) is 28.2. The average molecular weight is 571 g/mol. The molecule has 0 bridgehead atoms. The fourth-order valence-corrected chi connectivity index (χ4v) is 6.37. The highest BCUT2D eigenvalue weighted by atomic mass is 16.3. The van der Waals surface area contributed by atoms with Gasteiger partial charge in [-0.05, 0) is 90.0 Å². The molecule has 2 rings (SSSR count). The Morgan fingerprint density at radius 3 is 2.14 bits per heavy atom. The molecule has 2 nitrogen and oxygen atoms in total. The first-order chi connectivity index (χ1) is 19.6. The molecule has 0 aromatic carbocycles. The van der Waals surface area contributed by atoms with Crippen LogP contribution in [0.15, 0.2) is 118 Å². The smallest absolute Gasteiger partial charge is 0.0729 e. The number of aliphatic hydroxyl groups excluding tert-OH is 2. The lowest BCUT2D eigenvalue weighted by Crippen LogP contribution is -2.32. The summed E-state index contributed by atoms with van der Waals surface area (Å²) in [7, 11) is 0. The van der Waals surface area contributed by atoms with Crippen molar-refractivity contribution in [3.8, 4) is 0 Å². The average Bonchev–Trinajstić information content (AvgIpc) is 2.84. The molecule has 2 heteroatoms. The maximum Gasteiger partial charge on any atom is 0.0729 e. The van der Waals surface area contributed by atoms with Crippen LogP contribution in [0.3, 0.4) is 0 Å². The Labute approximate surface area is 258 Å². The van der Waals surface area contributed by atoms with E-state index in [0.29, 0.717) is 5.92 Å². The largest absolute Gasteiger partial charge is 0.393 e. The van der Waals surface area contributed by atoms with E-state index in [4.69, 9.17) is 0 Å². The van der Waals surface area contributed by atoms with E-state index in [2.05, 4.69) is 142 Å². The van der Waals surface area contributed by atoms with Gasteiger partial charge in [-0.3, -0.25) is 0 Å². The molecule has 0 saturated heterocycles. The summed E-state index contributed by atoms with van der Waals surface area (Å²) in [6.45, 7) is 21.8. The second-order valence-corrected chi connectivity index (χ2v) is 14.0. The maximum atomic E-state index is 10.1. The highest BCUT2D eigenvalue weighted by Gasteiger charge is 2.34. The Morgan fingerprint density at radius 2 is 1.48 bits per heavy atom. The van der Waals surface area contributed by atoms with Crippen LogP contribution in [0.5, 0.6) is 0 Å². The third-order valence-corrected chi connectivity index (χ3v) is 8.64. The van der Waals surface area contributed by atoms with Crippen LogP contribution in [0.25, 0.3) is 0 Å². The van der Waals surface area contributed by atoms with Gasteiger partial charge in [-0.25, -0.2) is 0 Å². The third kappa shape index (κ3) is 11.9. The van der Waals surface area contributed by atoms with Gasteiger partial charge in [0.05, 0.1) is 12.2 Å². The third-order valence-electron chi connectivity index (χ3n) is 8.64. The molecule has 3 atom stereocenters. The molecule has 2 aliphatic carbocycles. The molecule has 0 aromatic heterocycles. The van der Waals surface area contributed by atoms with E-state index in [9.17, 15) is 10.2 Å². The van der Waals surface area contributed by atoms with E-state index in [-0.39, 0.29) is 23.0 Å². The van der Waals surface area contributed by atoms with Crippen LogP contribution in [0.4, 0.5) is 0 Å². The normalized spacial score (nSPS) is 26.4. The van der Waals surface area contributed by atoms with Crippen molar-refractivity contribution in [1.29, 1.82) is 0 Å². The lowest BCUT2D eigenvalue weighted by atomic mass is 9.67. The molecule has 0 aliphatic heterocycles. The van der Waals surface area contributed by atoms with Gasteiger partial charge in [0.15, 0.2) is 0 Å². The molecule has 0 unspecified atom stereocenters. The Balaban J connectivity index is 1.84. The van der Waals surface area contributed by atoms with Crippen molar-refractivity contribution in [2.75, 3.05) is 0 Å². The van der Waals surface area contributed by atoms with Crippen LogP contribution in [-0.4, -0.2) is 22.4 Å². The van der Waals surface area contributed by atoms with Crippen LogP contribution >= 0.6 is 0 Å². The van der Waals surface area contributed by atoms with Gasteiger partial charge in [0.2, 0.25) is 0 Å². The zero-order chi connectivity index (χ0) is 31.5. The first kappa shape index (κ1) is 35.5. The van der Waals surface area contributed by atoms with Crippen molar-refractivity contribution < 1.29 is 10.2 Å². The van der Waals surface area contributed by atoms with Gasteiger partial charge in [-0.2, -0.15) is 0 Å². The van der Waals surface area contributed by atoms with Crippen molar-refractivity contribution >= 4 is 0 Å². The summed E-state index contributed by atoms with van der Waals surface area (Å²) in [6, 6.07) is 0. The van der Waals surface area contributed by atoms with E-state index in [0.717, 1.165) is 32.1 Å². The molecule has 0 aromatic rings. The quantitative estimate of drug-likeness (QED) is 0.192. The minimum Gasteiger partial charge on any atom is -0.393 e. The Bertz CT molecular complexity index is 1230. The van der Waals surface area contributed by atoms with Gasteiger partial charge >= 0.3 is 0 Å². The monoisotopic (exact) mass is 570 g/mol. The summed E-state index contributed by atoms with van der Waals surface area (Å²) < 4.78 is 0. The fourth-order valence-electron chi connectivity index (χ4n) is 6.37. The van der Waals surface area contributed by atoms with Crippen LogP contribution in [-0.2, 0) is 0 Å². The lowest BCUT2D eigenvalue weighted by molar-refractivity contribution is 0.116. The van der Waals surface area contributed by atoms with E-state index >= 15 is 0 Å². The van der Waals surface area contributed by atoms with E-state index in [1.165, 1.54) is 39.0 Å². The van der Waals surface area contributed by atoms with Gasteiger partial charge in [0.25, 0.3) is 0 Å². The first-order valence-electron chi connectivity index (χ1n) is 15.7. The van der Waals surface area contributed by atoms with Gasteiger partial charge in [0, 0.05) is 5.92 Å². The maximum absolute atomic E-state index is 10.1. The van der Waals surface area contributed by atoms with E-state index in [1.54, 1.807) is 0 Å². The minimum absolute atomic E-state index is 0.0233. The molecule has 0 radical (unpaired) electrons. The predicted molar refractivity (Wildman–Crippen MR) is 184 cm³/mol. The van der Waals surface area contributed by atoms with E-state index < -0.39 is 0 Å². The van der Waals surface area contributed by atoms with E-state index in [1.807, 2.05) is 6.08 Å². The van der Waals surface area contributed by atoms with Crippen molar-refractivity contribution in [3.63, 3.8) is 0 Å². The summed E-state index contributed by atoms with van der Waals surface area (Å²) in [5.41, 5.74) is 9.09. The molecule has 2 N–H and O–H groups in total. The molecule has 0 spiro atoms. The van der Waals surface area contributed by atoms with Crippen molar-refractivity contribution in [1.82, 2.24) is 0 Å². The SMILES string of the molecule is CC1=C[C@H](O)CC(C)(C)[C@H]1/C=C/C(C)=C/C=C/C(C)=C/C=C/C=C(\C)CC/C=C(C)/C=C/C1=C(C)C[C@H](O)CC1(C)C. The second kappa shape index (κ2) is 16.2. The second-order valence-electron chi connectivity index (χ2n) is 14.0. The number of aliphatic hydroxyl groups is 2. The molecular formula is C40H58O2. The Morgan fingerprint density at radius 1 is 0.833 bits per heavy atom. The van der Waals surface area contributed by atoms with Crippen molar-refractivity contribution in [2.45, 2.75) is 114 Å². The summed E-state index contributed by atoms with van der Waals surface area (Å²) in [5, 5.41) is 20.2. The molecule has 0 amide bonds. The van der Waals surface area contributed by atoms with Crippen molar-refractivity contribution in [2.24, 2.45) is 16.7 Å². The number of allylic oxidation sites excluding steroid dienone is 18. The molecule has 0 heterocycles. The summed E-state index contributed by atoms with van der Waals surface area (Å²) in [6.07, 6.45) is 32.2. The molecule has 230 valence electrons. The zero-order valence-electron chi connectivity index (χ0n) is 28.2. The van der Waals surface area contributed by atoms with Gasteiger partial charge < -0.3 is 10.2 Å². The molecule has 42 heavy (non-hydrogen) atoms. The van der Waals surface area contributed by atoms with Gasteiger partial charge in [0.1, 0.15) is 0 Å². The van der Waals surface area contributed by atoms with Crippen LogP contribution in [0.1, 0.15) is 101 Å². The first-order valence-corrected chi connectivity index (χ1v) is 15.7. The highest BCUT2D eigenvalue weighted by Crippen LogP contribution is 2.42. The summed E-state index contributed by atoms with van der Waals surface area (Å²) >= 11 is 0. The molecular weight excluding hydrogens is 512 g/mol. The van der Waals surface area contributed by atoms with Crippen molar-refractivity contribution in [3.05, 3.63) is 118 Å². The van der Waals surface area contributed by atoms with Crippen LogP contribution in [0, 0.1) is 16.7 Å². The minimum atomic E-state index is -0.327. The highest BCUT2D eigenvalue weighted by molar-refractivity contribution is 5.37. The fraction of sp³-hybridized carbons (Fsp3) is 0.500. The summed E-state index contributed by atoms with van der Waals surface area (Å²) in [4.78, 5) is 0. The summed E-state index contributed by atoms with van der Waals surface area (Å²) in [5.74, 6) is 0.353. The number of rotatable bonds is 11. The topological polar surface area (TPSA) is 40.5 Å².